The smallest absolute Gasteiger partial charge is 0.337 e. The molecule has 4 nitrogen and oxygen atoms in total. The summed E-state index contributed by atoms with van der Waals surface area (Å²) < 4.78 is 4.76. The summed E-state index contributed by atoms with van der Waals surface area (Å²) in [6.07, 6.45) is 5.33. The van der Waals surface area contributed by atoms with E-state index in [0.717, 1.165) is 43.4 Å². The highest BCUT2D eigenvalue weighted by Crippen LogP contribution is 2.15. The van der Waals surface area contributed by atoms with Crippen LogP contribution in [-0.4, -0.2) is 24.8 Å². The van der Waals surface area contributed by atoms with Crippen LogP contribution in [0.4, 0.5) is 5.69 Å². The molecule has 0 aliphatic heterocycles. The van der Waals surface area contributed by atoms with Gasteiger partial charge in [0.25, 0.3) is 0 Å². The number of benzene rings is 2. The molecule has 0 heterocycles. The summed E-state index contributed by atoms with van der Waals surface area (Å²) in [6, 6.07) is 15.9. The van der Waals surface area contributed by atoms with Gasteiger partial charge in [-0.25, -0.2) is 4.79 Å². The largest absolute Gasteiger partial charge is 0.465 e. The van der Waals surface area contributed by atoms with Gasteiger partial charge >= 0.3 is 5.97 Å². The molecule has 2 N–H and O–H groups in total. The molecule has 0 radical (unpaired) electrons. The predicted molar refractivity (Wildman–Crippen MR) is 101 cm³/mol. The first-order valence-electron chi connectivity index (χ1n) is 8.84. The minimum absolute atomic E-state index is 0.288. The molecule has 2 rings (SSSR count). The molecular weight excluding hydrogens is 314 g/mol. The van der Waals surface area contributed by atoms with Crippen molar-refractivity contribution in [2.75, 3.05) is 19.0 Å². The Kier molecular flexibility index (Phi) is 7.99. The van der Waals surface area contributed by atoms with Gasteiger partial charge in [-0.05, 0) is 54.7 Å². The molecule has 0 aromatic heterocycles. The first-order valence-corrected chi connectivity index (χ1v) is 8.84. The number of carbonyl (C=O) groups excluding carboxylic acids is 1. The van der Waals surface area contributed by atoms with E-state index in [1.165, 1.54) is 12.7 Å². The molecule has 2 aromatic carbocycles. The molecule has 0 unspecified atom stereocenters. The summed E-state index contributed by atoms with van der Waals surface area (Å²) in [5, 5.41) is 12.2. The van der Waals surface area contributed by atoms with E-state index < -0.39 is 0 Å². The molecule has 0 bridgehead atoms. The van der Waals surface area contributed by atoms with E-state index in [4.69, 9.17) is 9.84 Å². The van der Waals surface area contributed by atoms with E-state index in [9.17, 15) is 4.79 Å². The Balaban J connectivity index is 1.86. The number of carbonyl (C=O) groups is 1. The zero-order valence-electron chi connectivity index (χ0n) is 14.8. The van der Waals surface area contributed by atoms with Crippen molar-refractivity contribution in [3.8, 4) is 0 Å². The number of hydrogen-bond acceptors (Lipinski definition) is 4. The van der Waals surface area contributed by atoms with Crippen molar-refractivity contribution in [3.63, 3.8) is 0 Å². The van der Waals surface area contributed by atoms with E-state index in [0.29, 0.717) is 12.1 Å². The van der Waals surface area contributed by atoms with Crippen LogP contribution < -0.4 is 5.32 Å². The molecule has 134 valence electrons. The maximum Gasteiger partial charge on any atom is 0.337 e. The summed E-state index contributed by atoms with van der Waals surface area (Å²) in [7, 11) is 1.39. The summed E-state index contributed by atoms with van der Waals surface area (Å²) in [5.41, 5.74) is 4.00. The van der Waals surface area contributed by atoms with Crippen LogP contribution in [0.5, 0.6) is 0 Å². The van der Waals surface area contributed by atoms with Gasteiger partial charge in [0.15, 0.2) is 0 Å². The van der Waals surface area contributed by atoms with Gasteiger partial charge in [-0.2, -0.15) is 0 Å². The second-order valence-electron chi connectivity index (χ2n) is 6.13. The third-order valence-electron chi connectivity index (χ3n) is 4.15. The molecule has 25 heavy (non-hydrogen) atoms. The normalized spacial score (nSPS) is 10.5. The third kappa shape index (κ3) is 6.59. The Morgan fingerprint density at radius 3 is 2.56 bits per heavy atom. The number of aryl methyl sites for hydroxylation is 1. The molecular formula is C21H27NO3. The number of aliphatic hydroxyl groups is 1. The van der Waals surface area contributed by atoms with Crippen molar-refractivity contribution in [2.45, 2.75) is 38.6 Å². The number of esters is 1. The number of unbranched alkanes of at least 4 members (excludes halogenated alkanes) is 3. The molecule has 0 fully saturated rings. The average Bonchev–Trinajstić information content (AvgIpc) is 2.66. The Hall–Kier alpha value is -2.33. The van der Waals surface area contributed by atoms with Crippen LogP contribution in [0.1, 0.15) is 47.2 Å². The van der Waals surface area contributed by atoms with E-state index in [1.54, 1.807) is 6.07 Å². The van der Waals surface area contributed by atoms with Gasteiger partial charge in [-0.1, -0.05) is 37.1 Å². The zero-order valence-corrected chi connectivity index (χ0v) is 14.8. The Bertz CT molecular complexity index is 670. The fourth-order valence-electron chi connectivity index (χ4n) is 2.76. The lowest BCUT2D eigenvalue weighted by molar-refractivity contribution is 0.0600. The van der Waals surface area contributed by atoms with Gasteiger partial charge in [0.2, 0.25) is 0 Å². The molecule has 0 atom stereocenters. The number of aliphatic hydroxyl groups excluding tert-OH is 1. The van der Waals surface area contributed by atoms with Crippen molar-refractivity contribution < 1.29 is 14.6 Å². The molecule has 0 saturated carbocycles. The predicted octanol–water partition coefficient (Wildman–Crippen LogP) is 4.18. The number of anilines is 1. The summed E-state index contributed by atoms with van der Waals surface area (Å²) in [5.74, 6) is -0.315. The first kappa shape index (κ1) is 19.0. The molecule has 0 spiro atoms. The van der Waals surface area contributed by atoms with Crippen LogP contribution in [0, 0.1) is 0 Å². The lowest BCUT2D eigenvalue weighted by atomic mass is 10.1. The maximum atomic E-state index is 11.6. The van der Waals surface area contributed by atoms with E-state index >= 15 is 0 Å². The topological polar surface area (TPSA) is 58.6 Å². The van der Waals surface area contributed by atoms with Crippen molar-refractivity contribution >= 4 is 11.7 Å². The summed E-state index contributed by atoms with van der Waals surface area (Å²) in [4.78, 5) is 11.6. The molecule has 0 saturated heterocycles. The van der Waals surface area contributed by atoms with Crippen molar-refractivity contribution in [1.82, 2.24) is 0 Å². The highest BCUT2D eigenvalue weighted by molar-refractivity contribution is 5.89. The van der Waals surface area contributed by atoms with Crippen molar-refractivity contribution in [2.24, 2.45) is 0 Å². The van der Waals surface area contributed by atoms with Crippen LogP contribution in [-0.2, 0) is 17.7 Å². The average molecular weight is 341 g/mol. The standard InChI is InChI=1S/C21H27NO3/c1-25-21(24)19-11-6-10-18(14-19)16-22-20-12-7-9-17(15-20)8-4-2-3-5-13-23/h6-7,9-12,14-15,22-23H,2-5,8,13,16H2,1H3. The number of nitrogens with one attached hydrogen (secondary N) is 1. The van der Waals surface area contributed by atoms with E-state index in [1.807, 2.05) is 18.2 Å². The summed E-state index contributed by atoms with van der Waals surface area (Å²) in [6.45, 7) is 0.946. The first-order chi connectivity index (χ1) is 12.2. The number of methoxy groups -OCH3 is 1. The van der Waals surface area contributed by atoms with Gasteiger partial charge in [0.1, 0.15) is 0 Å². The Morgan fingerprint density at radius 2 is 1.76 bits per heavy atom. The maximum absolute atomic E-state index is 11.6. The SMILES string of the molecule is COC(=O)c1cccc(CNc2cccc(CCCCCCO)c2)c1. The second-order valence-corrected chi connectivity index (χ2v) is 6.13. The summed E-state index contributed by atoms with van der Waals surface area (Å²) >= 11 is 0. The van der Waals surface area contributed by atoms with Crippen LogP contribution in [0.25, 0.3) is 0 Å². The van der Waals surface area contributed by atoms with Gasteiger partial charge in [0.05, 0.1) is 12.7 Å². The van der Waals surface area contributed by atoms with Gasteiger partial charge in [-0.3, -0.25) is 0 Å². The molecule has 0 aliphatic carbocycles. The number of ether oxygens (including phenoxy) is 1. The Labute approximate surface area is 149 Å². The number of hydrogen-bond donors (Lipinski definition) is 2. The highest BCUT2D eigenvalue weighted by atomic mass is 16.5. The lowest BCUT2D eigenvalue weighted by Gasteiger charge is -2.09. The van der Waals surface area contributed by atoms with Crippen LogP contribution in [0.15, 0.2) is 48.5 Å². The van der Waals surface area contributed by atoms with E-state index in [2.05, 4.69) is 29.6 Å². The molecule has 4 heteroatoms. The lowest BCUT2D eigenvalue weighted by Crippen LogP contribution is -2.04. The molecule has 2 aromatic rings. The molecule has 0 amide bonds. The fourth-order valence-corrected chi connectivity index (χ4v) is 2.76. The highest BCUT2D eigenvalue weighted by Gasteiger charge is 2.05. The second kappa shape index (κ2) is 10.5. The van der Waals surface area contributed by atoms with Crippen molar-refractivity contribution in [3.05, 3.63) is 65.2 Å². The quantitative estimate of drug-likeness (QED) is 0.503. The van der Waals surface area contributed by atoms with Gasteiger partial charge in [0, 0.05) is 18.8 Å². The van der Waals surface area contributed by atoms with Crippen LogP contribution >= 0.6 is 0 Å². The van der Waals surface area contributed by atoms with Gasteiger partial charge in [-0.15, -0.1) is 0 Å². The van der Waals surface area contributed by atoms with E-state index in [-0.39, 0.29) is 12.6 Å². The number of rotatable bonds is 10. The minimum Gasteiger partial charge on any atom is -0.465 e. The monoisotopic (exact) mass is 341 g/mol. The van der Waals surface area contributed by atoms with Crippen LogP contribution in [0.3, 0.4) is 0 Å². The fraction of sp³-hybridized carbons (Fsp3) is 0.381. The zero-order chi connectivity index (χ0) is 17.9. The van der Waals surface area contributed by atoms with Crippen molar-refractivity contribution in [1.29, 1.82) is 0 Å². The van der Waals surface area contributed by atoms with Crippen LogP contribution in [0.2, 0.25) is 0 Å². The Morgan fingerprint density at radius 1 is 1.00 bits per heavy atom. The third-order valence-corrected chi connectivity index (χ3v) is 4.15. The molecule has 0 aliphatic rings. The van der Waals surface area contributed by atoms with Gasteiger partial charge < -0.3 is 15.2 Å². The minimum atomic E-state index is -0.315.